The van der Waals surface area contributed by atoms with Gasteiger partial charge in [-0.15, -0.1) is 0 Å². The first-order valence-electron chi connectivity index (χ1n) is 9.09. The molecule has 1 N–H and O–H groups in total. The number of halogens is 1. The maximum absolute atomic E-state index is 13.2. The Bertz CT molecular complexity index is 864. The number of anilines is 1. The summed E-state index contributed by atoms with van der Waals surface area (Å²) in [5, 5.41) is 3.49. The molecule has 7 heteroatoms. The van der Waals surface area contributed by atoms with E-state index >= 15 is 0 Å². The first-order chi connectivity index (χ1) is 13.0. The van der Waals surface area contributed by atoms with Gasteiger partial charge in [-0.3, -0.25) is 9.10 Å². The summed E-state index contributed by atoms with van der Waals surface area (Å²) in [4.78, 5) is 12.7. The molecule has 0 unspecified atom stereocenters. The van der Waals surface area contributed by atoms with Gasteiger partial charge in [0.05, 0.1) is 10.6 Å². The maximum atomic E-state index is 13.2. The lowest BCUT2D eigenvalue weighted by Gasteiger charge is -2.27. The number of hydrogen-bond acceptors (Lipinski definition) is 3. The monoisotopic (exact) mass is 406 g/mol. The van der Waals surface area contributed by atoms with Crippen molar-refractivity contribution in [2.24, 2.45) is 0 Å². The SMILES string of the molecule is O=C(CN(c1ccc(Cl)cc1)S(=O)(=O)c1ccccc1)NC1CCCCC1. The highest BCUT2D eigenvalue weighted by Gasteiger charge is 2.28. The van der Waals surface area contributed by atoms with Gasteiger partial charge in [-0.1, -0.05) is 49.1 Å². The fourth-order valence-corrected chi connectivity index (χ4v) is 4.86. The van der Waals surface area contributed by atoms with Crippen molar-refractivity contribution in [3.05, 3.63) is 59.6 Å². The average Bonchev–Trinajstić information content (AvgIpc) is 2.68. The van der Waals surface area contributed by atoms with Crippen LogP contribution in [-0.2, 0) is 14.8 Å². The summed E-state index contributed by atoms with van der Waals surface area (Å²) in [6, 6.07) is 14.7. The summed E-state index contributed by atoms with van der Waals surface area (Å²) < 4.78 is 27.5. The Morgan fingerprint density at radius 1 is 1.00 bits per heavy atom. The highest BCUT2D eigenvalue weighted by Crippen LogP contribution is 2.25. The van der Waals surface area contributed by atoms with E-state index in [1.807, 2.05) is 0 Å². The minimum Gasteiger partial charge on any atom is -0.352 e. The zero-order valence-electron chi connectivity index (χ0n) is 15.0. The molecule has 2 aromatic carbocycles. The molecule has 0 radical (unpaired) electrons. The molecular weight excluding hydrogens is 384 g/mol. The summed E-state index contributed by atoms with van der Waals surface area (Å²) in [5.74, 6) is -0.295. The topological polar surface area (TPSA) is 66.5 Å². The van der Waals surface area contributed by atoms with Crippen molar-refractivity contribution in [3.63, 3.8) is 0 Å². The Kier molecular flexibility index (Phi) is 6.39. The fourth-order valence-electron chi connectivity index (χ4n) is 3.29. The second kappa shape index (κ2) is 8.76. The highest BCUT2D eigenvalue weighted by atomic mass is 35.5. The van der Waals surface area contributed by atoms with Crippen LogP contribution in [0.2, 0.25) is 5.02 Å². The molecule has 3 rings (SSSR count). The number of benzene rings is 2. The number of carbonyl (C=O) groups is 1. The van der Waals surface area contributed by atoms with Crippen molar-refractivity contribution in [2.75, 3.05) is 10.8 Å². The van der Waals surface area contributed by atoms with Crippen molar-refractivity contribution >= 4 is 33.2 Å². The highest BCUT2D eigenvalue weighted by molar-refractivity contribution is 7.92. The average molecular weight is 407 g/mol. The van der Waals surface area contributed by atoms with Crippen molar-refractivity contribution in [2.45, 2.75) is 43.0 Å². The van der Waals surface area contributed by atoms with Gasteiger partial charge in [0.25, 0.3) is 10.0 Å². The first-order valence-corrected chi connectivity index (χ1v) is 10.9. The van der Waals surface area contributed by atoms with Crippen LogP contribution in [0.15, 0.2) is 59.5 Å². The van der Waals surface area contributed by atoms with Crippen LogP contribution < -0.4 is 9.62 Å². The Hall–Kier alpha value is -2.05. The van der Waals surface area contributed by atoms with E-state index < -0.39 is 10.0 Å². The van der Waals surface area contributed by atoms with E-state index in [1.54, 1.807) is 42.5 Å². The molecule has 0 saturated heterocycles. The summed E-state index contributed by atoms with van der Waals surface area (Å²) >= 11 is 5.93. The lowest BCUT2D eigenvalue weighted by molar-refractivity contribution is -0.120. The predicted octanol–water partition coefficient (Wildman–Crippen LogP) is 3.98. The zero-order valence-corrected chi connectivity index (χ0v) is 16.5. The molecule has 144 valence electrons. The van der Waals surface area contributed by atoms with Crippen LogP contribution in [0.25, 0.3) is 0 Å². The van der Waals surface area contributed by atoms with Gasteiger partial charge in [0.2, 0.25) is 5.91 Å². The molecule has 0 bridgehead atoms. The third-order valence-electron chi connectivity index (χ3n) is 4.70. The second-order valence-electron chi connectivity index (χ2n) is 6.70. The first kappa shape index (κ1) is 19.7. The molecule has 0 aromatic heterocycles. The largest absolute Gasteiger partial charge is 0.352 e. The third kappa shape index (κ3) is 5.02. The number of carbonyl (C=O) groups excluding carboxylic acids is 1. The molecule has 1 aliphatic rings. The number of rotatable bonds is 6. The molecule has 2 aromatic rings. The van der Waals surface area contributed by atoms with Crippen molar-refractivity contribution in [1.82, 2.24) is 5.32 Å². The van der Waals surface area contributed by atoms with Crippen LogP contribution in [0.1, 0.15) is 32.1 Å². The van der Waals surface area contributed by atoms with Gasteiger partial charge in [-0.2, -0.15) is 0 Å². The van der Waals surface area contributed by atoms with Crippen LogP contribution in [0, 0.1) is 0 Å². The fraction of sp³-hybridized carbons (Fsp3) is 0.350. The predicted molar refractivity (Wildman–Crippen MR) is 107 cm³/mol. The number of amides is 1. The molecule has 0 atom stereocenters. The summed E-state index contributed by atoms with van der Waals surface area (Å²) in [7, 11) is -3.87. The van der Waals surface area contributed by atoms with E-state index in [1.165, 1.54) is 18.6 Å². The number of sulfonamides is 1. The maximum Gasteiger partial charge on any atom is 0.264 e. The van der Waals surface area contributed by atoms with Gasteiger partial charge in [0, 0.05) is 11.1 Å². The van der Waals surface area contributed by atoms with Crippen LogP contribution in [0.5, 0.6) is 0 Å². The van der Waals surface area contributed by atoms with Crippen LogP contribution in [0.3, 0.4) is 0 Å². The number of nitrogens with one attached hydrogen (secondary N) is 1. The van der Waals surface area contributed by atoms with E-state index in [0.717, 1.165) is 30.0 Å². The van der Waals surface area contributed by atoms with E-state index in [4.69, 9.17) is 11.6 Å². The lowest BCUT2D eigenvalue weighted by atomic mass is 9.95. The molecule has 1 saturated carbocycles. The standard InChI is InChI=1S/C20H23ClN2O3S/c21-16-11-13-18(14-12-16)23(27(25,26)19-9-5-2-6-10-19)15-20(24)22-17-7-3-1-4-8-17/h2,5-6,9-14,17H,1,3-4,7-8,15H2,(H,22,24). The molecule has 1 fully saturated rings. The lowest BCUT2D eigenvalue weighted by Crippen LogP contribution is -2.44. The number of nitrogens with zero attached hydrogens (tertiary/aromatic N) is 1. The Morgan fingerprint density at radius 2 is 1.63 bits per heavy atom. The Morgan fingerprint density at radius 3 is 2.26 bits per heavy atom. The molecule has 5 nitrogen and oxygen atoms in total. The molecule has 1 amide bonds. The third-order valence-corrected chi connectivity index (χ3v) is 6.74. The molecule has 1 aliphatic carbocycles. The van der Waals surface area contributed by atoms with Crippen molar-refractivity contribution in [1.29, 1.82) is 0 Å². The molecule has 0 spiro atoms. The number of hydrogen-bond donors (Lipinski definition) is 1. The molecule has 0 aliphatic heterocycles. The van der Waals surface area contributed by atoms with E-state index in [2.05, 4.69) is 5.32 Å². The van der Waals surface area contributed by atoms with E-state index in [0.29, 0.717) is 10.7 Å². The minimum absolute atomic E-state index is 0.123. The van der Waals surface area contributed by atoms with Gasteiger partial charge in [-0.05, 0) is 49.2 Å². The quantitative estimate of drug-likeness (QED) is 0.788. The van der Waals surface area contributed by atoms with Gasteiger partial charge in [0.1, 0.15) is 6.54 Å². The molecule has 0 heterocycles. The van der Waals surface area contributed by atoms with Crippen molar-refractivity contribution in [3.8, 4) is 0 Å². The Balaban J connectivity index is 1.86. The normalized spacial score (nSPS) is 15.3. The van der Waals surface area contributed by atoms with Crippen LogP contribution >= 0.6 is 11.6 Å². The summed E-state index contributed by atoms with van der Waals surface area (Å²) in [6.45, 7) is -0.268. The van der Waals surface area contributed by atoms with Gasteiger partial charge in [0.15, 0.2) is 0 Å². The minimum atomic E-state index is -3.87. The Labute approximate surface area is 165 Å². The second-order valence-corrected chi connectivity index (χ2v) is 9.00. The molecule has 27 heavy (non-hydrogen) atoms. The summed E-state index contributed by atoms with van der Waals surface area (Å²) in [6.07, 6.45) is 5.25. The summed E-state index contributed by atoms with van der Waals surface area (Å²) in [5.41, 5.74) is 0.405. The smallest absolute Gasteiger partial charge is 0.264 e. The van der Waals surface area contributed by atoms with Crippen LogP contribution in [-0.4, -0.2) is 26.9 Å². The zero-order chi connectivity index (χ0) is 19.3. The van der Waals surface area contributed by atoms with Gasteiger partial charge in [-0.25, -0.2) is 8.42 Å². The van der Waals surface area contributed by atoms with E-state index in [-0.39, 0.29) is 23.4 Å². The van der Waals surface area contributed by atoms with E-state index in [9.17, 15) is 13.2 Å². The van der Waals surface area contributed by atoms with Crippen molar-refractivity contribution < 1.29 is 13.2 Å². The molecular formula is C20H23ClN2O3S. The van der Waals surface area contributed by atoms with Gasteiger partial charge >= 0.3 is 0 Å². The van der Waals surface area contributed by atoms with Crippen LogP contribution in [0.4, 0.5) is 5.69 Å². The van der Waals surface area contributed by atoms with Gasteiger partial charge < -0.3 is 5.32 Å².